The van der Waals surface area contributed by atoms with Crippen LogP contribution in [-0.2, 0) is 0 Å². The molecule has 1 heterocycles. The van der Waals surface area contributed by atoms with Crippen LogP contribution in [0, 0.1) is 6.92 Å². The fourth-order valence-electron chi connectivity index (χ4n) is 2.57. The molecule has 2 rings (SSSR count). The quantitative estimate of drug-likeness (QED) is 0.840. The maximum Gasteiger partial charge on any atom is 0.106 e. The largest absolute Gasteiger partial charge is 0.389 e. The van der Waals surface area contributed by atoms with Crippen molar-refractivity contribution in [3.05, 3.63) is 29.3 Å². The molecule has 1 aromatic carbocycles. The highest BCUT2D eigenvalue weighted by atomic mass is 32.1. The monoisotopic (exact) mass is 277 g/mol. The molecule has 0 atom stereocenters. The van der Waals surface area contributed by atoms with Crippen LogP contribution in [0.3, 0.4) is 0 Å². The highest BCUT2D eigenvalue weighted by molar-refractivity contribution is 7.80. The number of benzene rings is 1. The molecule has 0 radical (unpaired) electrons. The van der Waals surface area contributed by atoms with Gasteiger partial charge in [0.2, 0.25) is 0 Å². The van der Waals surface area contributed by atoms with Gasteiger partial charge in [0.25, 0.3) is 0 Å². The molecule has 1 fully saturated rings. The number of rotatable bonds is 2. The summed E-state index contributed by atoms with van der Waals surface area (Å²) in [4.78, 5) is 5.28. The second-order valence-corrected chi connectivity index (χ2v) is 6.48. The molecule has 3 nitrogen and oxygen atoms in total. The molecule has 0 spiro atoms. The van der Waals surface area contributed by atoms with Crippen molar-refractivity contribution in [3.8, 4) is 0 Å². The van der Waals surface area contributed by atoms with E-state index in [-0.39, 0.29) is 5.54 Å². The summed E-state index contributed by atoms with van der Waals surface area (Å²) >= 11 is 5.20. The first-order valence-corrected chi connectivity index (χ1v) is 7.09. The Morgan fingerprint density at radius 3 is 2.58 bits per heavy atom. The molecule has 0 amide bonds. The zero-order valence-corrected chi connectivity index (χ0v) is 13.0. The Bertz CT molecular complexity index is 496. The minimum Gasteiger partial charge on any atom is -0.389 e. The van der Waals surface area contributed by atoms with Gasteiger partial charge in [0.05, 0.1) is 0 Å². The number of piperazine rings is 1. The Labute approximate surface area is 121 Å². The molecule has 0 aromatic heterocycles. The van der Waals surface area contributed by atoms with Crippen LogP contribution in [-0.4, -0.2) is 42.1 Å². The lowest BCUT2D eigenvalue weighted by Gasteiger charge is -2.46. The van der Waals surface area contributed by atoms with E-state index in [4.69, 9.17) is 18.0 Å². The number of hydrogen-bond donors (Lipinski definition) is 1. The molecule has 1 aliphatic heterocycles. The van der Waals surface area contributed by atoms with Gasteiger partial charge in [-0.05, 0) is 40.0 Å². The summed E-state index contributed by atoms with van der Waals surface area (Å²) in [6.45, 7) is 9.67. The summed E-state index contributed by atoms with van der Waals surface area (Å²) in [5, 5.41) is 0. The SMILES string of the molecule is Cc1ccc(N2CCN(C)C(C)(C)C2)c(C(N)=S)c1. The van der Waals surface area contributed by atoms with Gasteiger partial charge in [-0.1, -0.05) is 23.8 Å². The van der Waals surface area contributed by atoms with E-state index in [1.807, 2.05) is 0 Å². The van der Waals surface area contributed by atoms with Gasteiger partial charge in [0.15, 0.2) is 0 Å². The summed E-state index contributed by atoms with van der Waals surface area (Å²) in [5.41, 5.74) is 9.40. The van der Waals surface area contributed by atoms with Crippen LogP contribution in [0.5, 0.6) is 0 Å². The first-order valence-electron chi connectivity index (χ1n) is 6.68. The van der Waals surface area contributed by atoms with Gasteiger partial charge in [-0.25, -0.2) is 0 Å². The number of likely N-dealkylation sites (N-methyl/N-ethyl adjacent to an activating group) is 1. The fraction of sp³-hybridized carbons (Fsp3) is 0.533. The average molecular weight is 277 g/mol. The van der Waals surface area contributed by atoms with E-state index in [9.17, 15) is 0 Å². The lowest BCUT2D eigenvalue weighted by Crippen LogP contribution is -2.58. The third kappa shape index (κ3) is 2.90. The number of nitrogens with zero attached hydrogens (tertiary/aromatic N) is 2. The van der Waals surface area contributed by atoms with Crippen molar-refractivity contribution in [1.29, 1.82) is 0 Å². The van der Waals surface area contributed by atoms with E-state index < -0.39 is 0 Å². The van der Waals surface area contributed by atoms with E-state index in [1.54, 1.807) is 0 Å². The predicted octanol–water partition coefficient (Wildman–Crippen LogP) is 2.16. The van der Waals surface area contributed by atoms with Crippen LogP contribution >= 0.6 is 12.2 Å². The molecule has 0 unspecified atom stereocenters. The molecule has 2 N–H and O–H groups in total. The smallest absolute Gasteiger partial charge is 0.106 e. The van der Waals surface area contributed by atoms with Gasteiger partial charge in [0, 0.05) is 36.4 Å². The molecule has 1 aliphatic rings. The Balaban J connectivity index is 2.35. The molecule has 0 saturated carbocycles. The first kappa shape index (κ1) is 14.3. The highest BCUT2D eigenvalue weighted by Crippen LogP contribution is 2.28. The summed E-state index contributed by atoms with van der Waals surface area (Å²) < 4.78 is 0. The second kappa shape index (κ2) is 5.10. The van der Waals surface area contributed by atoms with Crippen molar-refractivity contribution in [3.63, 3.8) is 0 Å². The molecule has 19 heavy (non-hydrogen) atoms. The maximum atomic E-state index is 5.88. The number of hydrogen-bond acceptors (Lipinski definition) is 3. The number of aryl methyl sites for hydroxylation is 1. The minimum atomic E-state index is 0.163. The first-order chi connectivity index (χ1) is 8.81. The predicted molar refractivity (Wildman–Crippen MR) is 86.0 cm³/mol. The van der Waals surface area contributed by atoms with Crippen molar-refractivity contribution >= 4 is 22.9 Å². The van der Waals surface area contributed by atoms with Crippen molar-refractivity contribution in [2.75, 3.05) is 31.6 Å². The second-order valence-electron chi connectivity index (χ2n) is 6.04. The van der Waals surface area contributed by atoms with Crippen molar-refractivity contribution in [1.82, 2.24) is 4.90 Å². The van der Waals surface area contributed by atoms with Crippen LogP contribution in [0.1, 0.15) is 25.0 Å². The molecule has 1 aromatic rings. The highest BCUT2D eigenvalue weighted by Gasteiger charge is 2.31. The molecule has 0 bridgehead atoms. The third-order valence-corrected chi connectivity index (χ3v) is 4.29. The summed E-state index contributed by atoms with van der Waals surface area (Å²) in [5.74, 6) is 0. The molecule has 4 heteroatoms. The van der Waals surface area contributed by atoms with Gasteiger partial charge in [-0.15, -0.1) is 0 Å². The molecular weight excluding hydrogens is 254 g/mol. The van der Waals surface area contributed by atoms with Crippen LogP contribution < -0.4 is 10.6 Å². The van der Waals surface area contributed by atoms with E-state index in [0.717, 1.165) is 25.2 Å². The molecule has 1 saturated heterocycles. The number of anilines is 1. The van der Waals surface area contributed by atoms with Crippen LogP contribution in [0.15, 0.2) is 18.2 Å². The minimum absolute atomic E-state index is 0.163. The molecule has 104 valence electrons. The van der Waals surface area contributed by atoms with E-state index >= 15 is 0 Å². The van der Waals surface area contributed by atoms with E-state index in [2.05, 4.69) is 55.8 Å². The van der Waals surface area contributed by atoms with Crippen LogP contribution in [0.25, 0.3) is 0 Å². The Kier molecular flexibility index (Phi) is 3.83. The van der Waals surface area contributed by atoms with Gasteiger partial charge in [-0.2, -0.15) is 0 Å². The maximum absolute atomic E-state index is 5.88. The van der Waals surface area contributed by atoms with Gasteiger partial charge >= 0.3 is 0 Å². The normalized spacial score (nSPS) is 19.5. The zero-order valence-electron chi connectivity index (χ0n) is 12.2. The molecule has 0 aliphatic carbocycles. The van der Waals surface area contributed by atoms with Crippen LogP contribution in [0.4, 0.5) is 5.69 Å². The number of nitrogens with two attached hydrogens (primary N) is 1. The standard InChI is InChI=1S/C15H23N3S/c1-11-5-6-13(12(9-11)14(16)19)18-8-7-17(4)15(2,3)10-18/h5-6,9H,7-8,10H2,1-4H3,(H2,16,19). The van der Waals surface area contributed by atoms with Gasteiger partial charge < -0.3 is 10.6 Å². The van der Waals surface area contributed by atoms with Crippen molar-refractivity contribution < 1.29 is 0 Å². The summed E-state index contributed by atoms with van der Waals surface area (Å²) in [6, 6.07) is 6.36. The fourth-order valence-corrected chi connectivity index (χ4v) is 2.73. The molecular formula is C15H23N3S. The Morgan fingerprint density at radius 2 is 2.00 bits per heavy atom. The van der Waals surface area contributed by atoms with Crippen molar-refractivity contribution in [2.24, 2.45) is 5.73 Å². The lowest BCUT2D eigenvalue weighted by atomic mass is 9.98. The third-order valence-electron chi connectivity index (χ3n) is 4.07. The van der Waals surface area contributed by atoms with Crippen LogP contribution in [0.2, 0.25) is 0 Å². The zero-order chi connectivity index (χ0) is 14.2. The van der Waals surface area contributed by atoms with E-state index in [1.165, 1.54) is 11.3 Å². The summed E-state index contributed by atoms with van der Waals surface area (Å²) in [6.07, 6.45) is 0. The van der Waals surface area contributed by atoms with E-state index in [0.29, 0.717) is 4.99 Å². The lowest BCUT2D eigenvalue weighted by molar-refractivity contribution is 0.139. The number of thiocarbonyl (C=S) groups is 1. The van der Waals surface area contributed by atoms with Gasteiger partial charge in [-0.3, -0.25) is 4.90 Å². The Hall–Kier alpha value is -1.13. The topological polar surface area (TPSA) is 32.5 Å². The Morgan fingerprint density at radius 1 is 1.32 bits per heavy atom. The summed E-state index contributed by atoms with van der Waals surface area (Å²) in [7, 11) is 2.18. The van der Waals surface area contributed by atoms with Gasteiger partial charge in [0.1, 0.15) is 4.99 Å². The average Bonchev–Trinajstić information content (AvgIpc) is 2.32. The van der Waals surface area contributed by atoms with Crippen molar-refractivity contribution in [2.45, 2.75) is 26.3 Å².